The Morgan fingerprint density at radius 3 is 1.90 bits per heavy atom. The summed E-state index contributed by atoms with van der Waals surface area (Å²) in [6, 6.07) is 9.79. The van der Waals surface area contributed by atoms with E-state index in [4.69, 9.17) is 5.73 Å². The van der Waals surface area contributed by atoms with Gasteiger partial charge in [-0.25, -0.2) is 0 Å². The molecule has 51 heavy (non-hydrogen) atoms. The van der Waals surface area contributed by atoms with Crippen LogP contribution in [0.3, 0.4) is 0 Å². The molecule has 3 aromatic carbocycles. The predicted octanol–water partition coefficient (Wildman–Crippen LogP) is 2.04. The van der Waals surface area contributed by atoms with E-state index in [0.29, 0.717) is 0 Å². The number of hydrogen-bond acceptors (Lipinski definition) is 17. The van der Waals surface area contributed by atoms with E-state index in [0.717, 1.165) is 25.7 Å². The minimum absolute atomic E-state index is 0.000572. The molecule has 0 spiro atoms. The molecule has 0 amide bonds. The van der Waals surface area contributed by atoms with Crippen molar-refractivity contribution in [3.05, 3.63) is 88.8 Å². The van der Waals surface area contributed by atoms with Crippen molar-refractivity contribution in [3.63, 3.8) is 0 Å². The van der Waals surface area contributed by atoms with Gasteiger partial charge in [0.15, 0.2) is 11.6 Å². The number of nitrogens with one attached hydrogen (secondary N) is 4. The maximum Gasteiger partial charge on any atom is 0.388 e. The van der Waals surface area contributed by atoms with Gasteiger partial charge in [0.2, 0.25) is 17.8 Å². The van der Waals surface area contributed by atoms with Gasteiger partial charge in [0.25, 0.3) is 20.2 Å². The van der Waals surface area contributed by atoms with E-state index < -0.39 is 76.9 Å². The van der Waals surface area contributed by atoms with Gasteiger partial charge in [0.05, 0.1) is 22.5 Å². The van der Waals surface area contributed by atoms with E-state index in [1.807, 2.05) is 0 Å². The van der Waals surface area contributed by atoms with E-state index in [-0.39, 0.29) is 45.5 Å². The first-order valence-corrected chi connectivity index (χ1v) is 16.8. The number of anilines is 7. The summed E-state index contributed by atoms with van der Waals surface area (Å²) in [6.07, 6.45) is -2.48. The Labute approximate surface area is 286 Å². The molecular formula is C27H19BF2N11O8S2. The van der Waals surface area contributed by atoms with Crippen molar-refractivity contribution in [1.82, 2.24) is 29.9 Å². The van der Waals surface area contributed by atoms with Crippen LogP contribution in [0.25, 0.3) is 0 Å². The largest absolute Gasteiger partial charge is 0.412 e. The third-order valence-electron chi connectivity index (χ3n) is 6.99. The highest BCUT2D eigenvalue weighted by atomic mass is 32.2. The number of carbonyl (C=O) groups is 2. The number of aryl methyl sites for hydroxylation is 1. The molecule has 1 radical (unpaired) electrons. The molecule has 0 saturated carbocycles. The van der Waals surface area contributed by atoms with Gasteiger partial charge in [0.1, 0.15) is 15.6 Å². The third kappa shape index (κ3) is 7.09. The van der Waals surface area contributed by atoms with Gasteiger partial charge < -0.3 is 26.8 Å². The zero-order valence-electron chi connectivity index (χ0n) is 25.4. The number of nitrogen functional groups attached to an aromatic ring is 1. The van der Waals surface area contributed by atoms with Crippen molar-refractivity contribution in [2.24, 2.45) is 0 Å². The van der Waals surface area contributed by atoms with E-state index >= 15 is 0 Å². The molecule has 1 aliphatic carbocycles. The molecule has 6 rings (SSSR count). The number of halogens is 2. The maximum atomic E-state index is 14.5. The number of hydrogen-bond donors (Lipinski definition) is 7. The van der Waals surface area contributed by atoms with Crippen LogP contribution < -0.4 is 26.8 Å². The normalized spacial score (nSPS) is 12.5. The molecule has 8 N–H and O–H groups in total. The first-order valence-electron chi connectivity index (χ1n) is 13.9. The van der Waals surface area contributed by atoms with Gasteiger partial charge >= 0.3 is 19.7 Å². The monoisotopic (exact) mass is 738 g/mol. The number of aromatic nitrogens is 6. The zero-order chi connectivity index (χ0) is 36.8. The molecule has 0 bridgehead atoms. The van der Waals surface area contributed by atoms with Gasteiger partial charge in [-0.1, -0.05) is 24.3 Å². The van der Waals surface area contributed by atoms with Crippen LogP contribution >= 0.6 is 0 Å². The summed E-state index contributed by atoms with van der Waals surface area (Å²) in [5.74, 6) is -2.84. The molecule has 2 aromatic heterocycles. The van der Waals surface area contributed by atoms with Crippen molar-refractivity contribution in [2.75, 3.05) is 26.8 Å². The molecule has 24 heteroatoms. The van der Waals surface area contributed by atoms with E-state index in [9.17, 15) is 44.3 Å². The summed E-state index contributed by atoms with van der Waals surface area (Å²) in [5, 5.41) is 10.0. The molecule has 0 unspecified atom stereocenters. The summed E-state index contributed by atoms with van der Waals surface area (Å²) in [4.78, 5) is 46.8. The zero-order valence-corrected chi connectivity index (χ0v) is 27.0. The molecule has 5 aromatic rings. The second-order valence-corrected chi connectivity index (χ2v) is 13.1. The number of carbonyl (C=O) groups excluding carboxylic acids is 2. The Balaban J connectivity index is 1.29. The standard InChI is InChI=1S/C27H19BF2N11O8S2/c1-10-32-23(29)36-25(33-10)34-11-6-7-16(50(44,45)46)14(8-11)35-26-37-24(30)38-27(39-26)41-28-40-15-9-17(51(47,48)49)20(31)19-18(15)21(42)12-4-2-3-5-13(12)22(19)43/h2-9,40H,31H2,1H3,(H,44,45,46)(H,47,48,49)(H,32,33,34,36)(H2,35,37,38,39,41). The highest BCUT2D eigenvalue weighted by Gasteiger charge is 2.36. The van der Waals surface area contributed by atoms with Crippen molar-refractivity contribution in [1.29, 1.82) is 0 Å². The lowest BCUT2D eigenvalue weighted by atomic mass is 9.82. The Bertz CT molecular complexity index is 2510. The molecule has 0 fully saturated rings. The smallest absolute Gasteiger partial charge is 0.388 e. The fourth-order valence-electron chi connectivity index (χ4n) is 4.95. The maximum absolute atomic E-state index is 14.5. The Morgan fingerprint density at radius 1 is 0.686 bits per heavy atom. The first-order chi connectivity index (χ1) is 24.0. The second-order valence-electron chi connectivity index (χ2n) is 10.4. The summed E-state index contributed by atoms with van der Waals surface area (Å²) in [6.45, 7) is 1.40. The van der Waals surface area contributed by atoms with Gasteiger partial charge in [-0.05, 0) is 31.2 Å². The summed E-state index contributed by atoms with van der Waals surface area (Å²) >= 11 is 0. The van der Waals surface area contributed by atoms with Crippen LogP contribution in [0.5, 0.6) is 0 Å². The lowest BCUT2D eigenvalue weighted by molar-refractivity contribution is 0.0980. The number of fused-ring (bicyclic) bond motifs is 2. The fraction of sp³-hybridized carbons (Fsp3) is 0.0370. The van der Waals surface area contributed by atoms with Gasteiger partial charge in [-0.2, -0.15) is 55.5 Å². The first kappa shape index (κ1) is 34.6. The van der Waals surface area contributed by atoms with Crippen molar-refractivity contribution >= 4 is 79.9 Å². The average molecular weight is 738 g/mol. The molecule has 259 valence electrons. The average Bonchev–Trinajstić information content (AvgIpc) is 3.02. The number of ketones is 2. The topological polar surface area (TPSA) is 294 Å². The number of rotatable bonds is 10. The molecule has 0 aliphatic heterocycles. The fourth-order valence-corrected chi connectivity index (χ4v) is 6.23. The Hall–Kier alpha value is -6.24. The van der Waals surface area contributed by atoms with Crippen LogP contribution in [0, 0.1) is 19.1 Å². The van der Waals surface area contributed by atoms with Crippen molar-refractivity contribution in [2.45, 2.75) is 16.7 Å². The van der Waals surface area contributed by atoms with Crippen LogP contribution in [-0.2, 0) is 20.2 Å². The number of nitrogens with two attached hydrogens (primary N) is 1. The lowest BCUT2D eigenvalue weighted by Crippen LogP contribution is -2.27. The predicted molar refractivity (Wildman–Crippen MR) is 174 cm³/mol. The van der Waals surface area contributed by atoms with E-state index in [1.54, 1.807) is 0 Å². The quantitative estimate of drug-likeness (QED) is 0.0601. The van der Waals surface area contributed by atoms with Crippen LogP contribution in [-0.4, -0.2) is 75.0 Å². The van der Waals surface area contributed by atoms with E-state index in [1.165, 1.54) is 37.3 Å². The molecule has 19 nitrogen and oxygen atoms in total. The lowest BCUT2D eigenvalue weighted by Gasteiger charge is -2.23. The van der Waals surface area contributed by atoms with Crippen LogP contribution in [0.2, 0.25) is 0 Å². The minimum atomic E-state index is -5.01. The highest BCUT2D eigenvalue weighted by Crippen LogP contribution is 2.39. The molecular weight excluding hydrogens is 719 g/mol. The van der Waals surface area contributed by atoms with Gasteiger partial charge in [0, 0.05) is 22.5 Å². The SMILES string of the molecule is Cc1nc(F)nc(Nc2ccc(S(=O)(=O)O)c(Nc3nc(F)nc(N[B]Nc4cc(S(=O)(=O)O)c(N)c5c4C(=O)c4ccccc4C5=O)n3)c2)n1. The van der Waals surface area contributed by atoms with Gasteiger partial charge in [-0.15, -0.1) is 0 Å². The van der Waals surface area contributed by atoms with Crippen LogP contribution in [0.1, 0.15) is 37.7 Å². The summed E-state index contributed by atoms with van der Waals surface area (Å²) in [5.41, 5.74) is 3.83. The van der Waals surface area contributed by atoms with Gasteiger partial charge in [-0.3, -0.25) is 18.7 Å². The third-order valence-corrected chi connectivity index (χ3v) is 8.80. The molecule has 2 heterocycles. The minimum Gasteiger partial charge on any atom is -0.412 e. The Morgan fingerprint density at radius 2 is 1.27 bits per heavy atom. The Kier molecular flexibility index (Phi) is 8.76. The summed E-state index contributed by atoms with van der Waals surface area (Å²) in [7, 11) is -8.98. The van der Waals surface area contributed by atoms with Crippen molar-refractivity contribution in [3.8, 4) is 0 Å². The highest BCUT2D eigenvalue weighted by molar-refractivity contribution is 7.86. The number of benzene rings is 3. The van der Waals surface area contributed by atoms with Crippen LogP contribution in [0.15, 0.2) is 58.3 Å². The van der Waals surface area contributed by atoms with Crippen molar-refractivity contribution < 1.29 is 44.3 Å². The van der Waals surface area contributed by atoms with E-state index in [2.05, 4.69) is 51.0 Å². The molecule has 0 atom stereocenters. The second kappa shape index (κ2) is 12.9. The molecule has 0 saturated heterocycles. The summed E-state index contributed by atoms with van der Waals surface area (Å²) < 4.78 is 96.2. The van der Waals surface area contributed by atoms with Crippen LogP contribution in [0.4, 0.5) is 49.4 Å². The number of nitrogens with zero attached hydrogens (tertiary/aromatic N) is 6. The molecule has 1 aliphatic rings.